The van der Waals surface area contributed by atoms with E-state index in [0.717, 1.165) is 11.4 Å². The van der Waals surface area contributed by atoms with Crippen molar-refractivity contribution < 1.29 is 15.0 Å². The highest BCUT2D eigenvalue weighted by Crippen LogP contribution is 2.23. The van der Waals surface area contributed by atoms with Gasteiger partial charge in [0.15, 0.2) is 0 Å². The number of carboxylic acids is 1. The molecule has 0 aliphatic carbocycles. The van der Waals surface area contributed by atoms with Crippen molar-refractivity contribution in [2.75, 3.05) is 6.54 Å². The zero-order valence-corrected chi connectivity index (χ0v) is 11.6. The number of carboxylic acid groups (broad SMARTS) is 1. The first-order valence-corrected chi connectivity index (χ1v) is 6.47. The van der Waals surface area contributed by atoms with Crippen LogP contribution in [-0.2, 0) is 16.8 Å². The first kappa shape index (κ1) is 14.0. The molecule has 1 fully saturated rings. The molecule has 1 aliphatic rings. The number of nitrogens with one attached hydrogen (secondary N) is 1. The number of hydrogen-bond donors (Lipinski definition) is 3. The van der Waals surface area contributed by atoms with E-state index in [1.54, 1.807) is 4.90 Å². The smallest absolute Gasteiger partial charge is 0.321 e. The van der Waals surface area contributed by atoms with Gasteiger partial charge in [-0.3, -0.25) is 14.8 Å². The van der Waals surface area contributed by atoms with Crippen molar-refractivity contribution in [1.82, 2.24) is 15.1 Å². The largest absolute Gasteiger partial charge is 0.480 e. The molecule has 106 valence electrons. The molecule has 1 aliphatic heterocycles. The fraction of sp³-hybridized carbons (Fsp3) is 0.692. The van der Waals surface area contributed by atoms with Gasteiger partial charge in [0.25, 0.3) is 0 Å². The highest BCUT2D eigenvalue weighted by atomic mass is 16.4. The molecule has 1 aromatic heterocycles. The summed E-state index contributed by atoms with van der Waals surface area (Å²) >= 11 is 0. The average molecular weight is 267 g/mol. The highest BCUT2D eigenvalue weighted by Gasteiger charge is 2.36. The Balaban J connectivity index is 2.08. The van der Waals surface area contributed by atoms with Gasteiger partial charge in [-0.1, -0.05) is 20.8 Å². The topological polar surface area (TPSA) is 89.5 Å². The molecule has 0 saturated carbocycles. The molecule has 1 aromatic rings. The first-order chi connectivity index (χ1) is 8.77. The van der Waals surface area contributed by atoms with E-state index >= 15 is 0 Å². The maximum absolute atomic E-state index is 11.1. The summed E-state index contributed by atoms with van der Waals surface area (Å²) in [5.74, 6) is -0.882. The summed E-state index contributed by atoms with van der Waals surface area (Å²) in [6.07, 6.45) is -0.276. The Bertz CT molecular complexity index is 464. The molecule has 0 radical (unpaired) electrons. The summed E-state index contributed by atoms with van der Waals surface area (Å²) < 4.78 is 0. The number of aromatic nitrogens is 2. The van der Waals surface area contributed by atoms with E-state index in [4.69, 9.17) is 5.11 Å². The molecule has 6 heteroatoms. The van der Waals surface area contributed by atoms with Crippen molar-refractivity contribution in [3.05, 3.63) is 17.5 Å². The van der Waals surface area contributed by atoms with Gasteiger partial charge in [0, 0.05) is 30.6 Å². The number of aliphatic hydroxyl groups is 1. The normalized spacial score (nSPS) is 24.8. The minimum atomic E-state index is -0.882. The molecule has 2 rings (SSSR count). The maximum Gasteiger partial charge on any atom is 0.321 e. The molecule has 1 saturated heterocycles. The van der Waals surface area contributed by atoms with Gasteiger partial charge in [0.1, 0.15) is 6.04 Å². The average Bonchev–Trinajstić information content (AvgIpc) is 2.85. The third kappa shape index (κ3) is 3.13. The lowest BCUT2D eigenvalue weighted by molar-refractivity contribution is -0.142. The Labute approximate surface area is 112 Å². The van der Waals surface area contributed by atoms with Crippen LogP contribution in [0.1, 0.15) is 38.6 Å². The van der Waals surface area contributed by atoms with Crippen LogP contribution in [0.4, 0.5) is 0 Å². The van der Waals surface area contributed by atoms with E-state index in [2.05, 4.69) is 31.0 Å². The van der Waals surface area contributed by atoms with Crippen LogP contribution in [0.5, 0.6) is 0 Å². The van der Waals surface area contributed by atoms with Crippen molar-refractivity contribution in [3.63, 3.8) is 0 Å². The third-order valence-electron chi connectivity index (χ3n) is 3.44. The van der Waals surface area contributed by atoms with Crippen LogP contribution in [-0.4, -0.2) is 50.0 Å². The lowest BCUT2D eigenvalue weighted by Gasteiger charge is -2.19. The van der Waals surface area contributed by atoms with Crippen LogP contribution in [0.25, 0.3) is 0 Å². The van der Waals surface area contributed by atoms with E-state index in [-0.39, 0.29) is 11.8 Å². The minimum absolute atomic E-state index is 0.0362. The predicted octanol–water partition coefficient (Wildman–Crippen LogP) is 0.727. The van der Waals surface area contributed by atoms with Crippen LogP contribution in [0.3, 0.4) is 0 Å². The number of β-amino-alcohol motifs (C(OH)–C–C–N with tert-alkyl or cyclic N) is 1. The first-order valence-electron chi connectivity index (χ1n) is 6.47. The number of H-pyrrole nitrogens is 1. The van der Waals surface area contributed by atoms with Crippen molar-refractivity contribution in [3.8, 4) is 0 Å². The van der Waals surface area contributed by atoms with E-state index in [0.29, 0.717) is 13.1 Å². The quantitative estimate of drug-likeness (QED) is 0.751. The minimum Gasteiger partial charge on any atom is -0.480 e. The number of nitrogens with zero attached hydrogens (tertiary/aromatic N) is 2. The summed E-state index contributed by atoms with van der Waals surface area (Å²) in [5.41, 5.74) is 1.80. The molecular formula is C13H21N3O3. The van der Waals surface area contributed by atoms with E-state index in [1.165, 1.54) is 0 Å². The molecule has 19 heavy (non-hydrogen) atoms. The molecule has 0 spiro atoms. The number of hydrogen-bond acceptors (Lipinski definition) is 4. The fourth-order valence-electron chi connectivity index (χ4n) is 2.36. The lowest BCUT2D eigenvalue weighted by atomic mass is 9.92. The number of likely N-dealkylation sites (tertiary alicyclic amines) is 1. The Morgan fingerprint density at radius 2 is 2.26 bits per heavy atom. The second-order valence-corrected chi connectivity index (χ2v) is 6.20. The van der Waals surface area contributed by atoms with Gasteiger partial charge in [-0.15, -0.1) is 0 Å². The molecule has 2 atom stereocenters. The van der Waals surface area contributed by atoms with Crippen LogP contribution in [0, 0.1) is 0 Å². The number of aliphatic carboxylic acids is 1. The molecule has 0 aromatic carbocycles. The molecule has 0 unspecified atom stereocenters. The van der Waals surface area contributed by atoms with Crippen molar-refractivity contribution in [2.24, 2.45) is 0 Å². The summed E-state index contributed by atoms with van der Waals surface area (Å²) in [4.78, 5) is 12.9. The summed E-state index contributed by atoms with van der Waals surface area (Å²) in [6, 6.07) is 1.35. The van der Waals surface area contributed by atoms with Gasteiger partial charge < -0.3 is 10.2 Å². The highest BCUT2D eigenvalue weighted by molar-refractivity contribution is 5.74. The van der Waals surface area contributed by atoms with Crippen LogP contribution in [0.2, 0.25) is 0 Å². The van der Waals surface area contributed by atoms with E-state index < -0.39 is 18.1 Å². The molecule has 3 N–H and O–H groups in total. The summed E-state index contributed by atoms with van der Waals surface area (Å²) in [5, 5.41) is 25.9. The van der Waals surface area contributed by atoms with Gasteiger partial charge in [0.2, 0.25) is 0 Å². The van der Waals surface area contributed by atoms with E-state index in [9.17, 15) is 9.90 Å². The van der Waals surface area contributed by atoms with Gasteiger partial charge in [-0.2, -0.15) is 5.10 Å². The van der Waals surface area contributed by atoms with Crippen LogP contribution in [0.15, 0.2) is 6.07 Å². The maximum atomic E-state index is 11.1. The van der Waals surface area contributed by atoms with Crippen LogP contribution >= 0.6 is 0 Å². The monoisotopic (exact) mass is 267 g/mol. The van der Waals surface area contributed by atoms with E-state index in [1.807, 2.05) is 6.07 Å². The number of rotatable bonds is 3. The lowest BCUT2D eigenvalue weighted by Crippen LogP contribution is -2.35. The zero-order valence-electron chi connectivity index (χ0n) is 11.6. The second kappa shape index (κ2) is 4.94. The zero-order chi connectivity index (χ0) is 14.2. The van der Waals surface area contributed by atoms with Crippen molar-refractivity contribution >= 4 is 5.97 Å². The van der Waals surface area contributed by atoms with Gasteiger partial charge in [-0.25, -0.2) is 0 Å². The molecular weight excluding hydrogens is 246 g/mol. The van der Waals surface area contributed by atoms with Gasteiger partial charge in [0.05, 0.1) is 11.8 Å². The Morgan fingerprint density at radius 1 is 1.58 bits per heavy atom. The molecule has 2 heterocycles. The van der Waals surface area contributed by atoms with Crippen LogP contribution < -0.4 is 0 Å². The SMILES string of the molecule is CC(C)(C)c1cc(CN2C[C@H](O)C[C@H]2C(=O)O)[nH]n1. The molecule has 6 nitrogen and oxygen atoms in total. The van der Waals surface area contributed by atoms with Crippen molar-refractivity contribution in [2.45, 2.75) is 51.3 Å². The summed E-state index contributed by atoms with van der Waals surface area (Å²) in [6.45, 7) is 7.09. The van der Waals surface area contributed by atoms with Crippen molar-refractivity contribution in [1.29, 1.82) is 0 Å². The predicted molar refractivity (Wildman–Crippen MR) is 69.7 cm³/mol. The number of aliphatic hydroxyl groups excluding tert-OH is 1. The van der Waals surface area contributed by atoms with Gasteiger partial charge >= 0.3 is 5.97 Å². The Morgan fingerprint density at radius 3 is 2.79 bits per heavy atom. The summed E-state index contributed by atoms with van der Waals surface area (Å²) in [7, 11) is 0. The standard InChI is InChI=1S/C13H21N3O3/c1-13(2,3)11-4-8(14-15-11)6-16-7-9(17)5-10(16)12(18)19/h4,9-10,17H,5-7H2,1-3H3,(H,14,15)(H,18,19)/t9-,10+/m1/s1. The van der Waals surface area contributed by atoms with Gasteiger partial charge in [-0.05, 0) is 6.07 Å². The Kier molecular flexibility index (Phi) is 3.64. The fourth-order valence-corrected chi connectivity index (χ4v) is 2.36. The molecule has 0 amide bonds. The number of carbonyl (C=O) groups is 1. The second-order valence-electron chi connectivity index (χ2n) is 6.20. The number of aromatic amines is 1. The third-order valence-corrected chi connectivity index (χ3v) is 3.44. The Hall–Kier alpha value is -1.40. The molecule has 0 bridgehead atoms.